The van der Waals surface area contributed by atoms with E-state index in [2.05, 4.69) is 4.98 Å². The number of imidazole rings is 1. The van der Waals surface area contributed by atoms with Gasteiger partial charge >= 0.3 is 5.97 Å². The molecule has 0 amide bonds. The normalized spacial score (nSPS) is 16.2. The molecule has 2 heterocycles. The molecule has 3 rings (SSSR count). The van der Waals surface area contributed by atoms with Crippen LogP contribution in [0.3, 0.4) is 0 Å². The Morgan fingerprint density at radius 3 is 2.88 bits per heavy atom. The van der Waals surface area contributed by atoms with Crippen LogP contribution in [0.15, 0.2) is 24.4 Å². The van der Waals surface area contributed by atoms with Crippen molar-refractivity contribution in [3.8, 4) is 0 Å². The third kappa shape index (κ3) is 1.23. The Morgan fingerprint density at radius 2 is 2.25 bits per heavy atom. The van der Waals surface area contributed by atoms with Crippen LogP contribution in [0.5, 0.6) is 0 Å². The summed E-state index contributed by atoms with van der Waals surface area (Å²) in [5.74, 6) is 0.386. The van der Waals surface area contributed by atoms with E-state index >= 15 is 0 Å². The summed E-state index contributed by atoms with van der Waals surface area (Å²) >= 11 is 0. The second-order valence-corrected chi connectivity index (χ2v) is 4.21. The van der Waals surface area contributed by atoms with Crippen LogP contribution >= 0.6 is 0 Å². The molecule has 0 saturated heterocycles. The standard InChI is InChI=1S/C12H12N2O2/c15-12(16)10-9-6-1-2-7-14(9)11(13-10)8-4-3-5-8/h1-2,6-8H,3-5H2,(H,15,16). The van der Waals surface area contributed by atoms with E-state index in [1.807, 2.05) is 22.7 Å². The molecule has 16 heavy (non-hydrogen) atoms. The second-order valence-electron chi connectivity index (χ2n) is 4.21. The SMILES string of the molecule is O=C(O)c1nc(C2CCC2)n2ccccc12. The van der Waals surface area contributed by atoms with Crippen molar-refractivity contribution in [1.82, 2.24) is 9.38 Å². The predicted octanol–water partition coefficient (Wildman–Crippen LogP) is 2.30. The summed E-state index contributed by atoms with van der Waals surface area (Å²) in [4.78, 5) is 15.4. The highest BCUT2D eigenvalue weighted by Gasteiger charge is 2.26. The Bertz CT molecular complexity index is 555. The molecule has 1 fully saturated rings. The zero-order valence-corrected chi connectivity index (χ0v) is 8.76. The van der Waals surface area contributed by atoms with Crippen molar-refractivity contribution in [3.05, 3.63) is 35.9 Å². The van der Waals surface area contributed by atoms with Crippen molar-refractivity contribution >= 4 is 11.5 Å². The topological polar surface area (TPSA) is 54.6 Å². The molecule has 1 saturated carbocycles. The van der Waals surface area contributed by atoms with Crippen molar-refractivity contribution in [1.29, 1.82) is 0 Å². The lowest BCUT2D eigenvalue weighted by Gasteiger charge is -2.23. The van der Waals surface area contributed by atoms with Gasteiger partial charge in [-0.25, -0.2) is 9.78 Å². The van der Waals surface area contributed by atoms with Crippen LogP contribution < -0.4 is 0 Å². The van der Waals surface area contributed by atoms with Crippen LogP contribution in [0.25, 0.3) is 5.52 Å². The summed E-state index contributed by atoms with van der Waals surface area (Å²) in [6.45, 7) is 0. The molecule has 0 radical (unpaired) electrons. The molecule has 0 spiro atoms. The number of hydrogen-bond donors (Lipinski definition) is 1. The summed E-state index contributed by atoms with van der Waals surface area (Å²) < 4.78 is 1.91. The number of carboxylic acid groups (broad SMARTS) is 1. The minimum absolute atomic E-state index is 0.169. The first-order valence-electron chi connectivity index (χ1n) is 5.47. The van der Waals surface area contributed by atoms with E-state index in [0.717, 1.165) is 18.7 Å². The molecule has 1 N–H and O–H groups in total. The molecular formula is C12H12N2O2. The number of aromatic carboxylic acids is 1. The van der Waals surface area contributed by atoms with Crippen LogP contribution in [0, 0.1) is 0 Å². The van der Waals surface area contributed by atoms with Crippen LogP contribution in [0.1, 0.15) is 41.5 Å². The van der Waals surface area contributed by atoms with Crippen molar-refractivity contribution in [2.45, 2.75) is 25.2 Å². The molecular weight excluding hydrogens is 204 g/mol. The Labute approximate surface area is 92.5 Å². The molecule has 2 aromatic rings. The number of carboxylic acids is 1. The predicted molar refractivity (Wildman–Crippen MR) is 58.7 cm³/mol. The van der Waals surface area contributed by atoms with Crippen LogP contribution in [-0.2, 0) is 0 Å². The third-order valence-corrected chi connectivity index (χ3v) is 3.25. The maximum absolute atomic E-state index is 11.1. The first-order valence-corrected chi connectivity index (χ1v) is 5.47. The molecule has 4 nitrogen and oxygen atoms in total. The number of rotatable bonds is 2. The molecule has 82 valence electrons. The minimum Gasteiger partial charge on any atom is -0.476 e. The van der Waals surface area contributed by atoms with Crippen LogP contribution in [-0.4, -0.2) is 20.5 Å². The molecule has 0 unspecified atom stereocenters. The summed E-state index contributed by atoms with van der Waals surface area (Å²) in [5.41, 5.74) is 0.861. The van der Waals surface area contributed by atoms with Gasteiger partial charge in [0.2, 0.25) is 0 Å². The smallest absolute Gasteiger partial charge is 0.356 e. The van der Waals surface area contributed by atoms with E-state index in [1.54, 1.807) is 6.07 Å². The molecule has 1 aliphatic rings. The lowest BCUT2D eigenvalue weighted by Crippen LogP contribution is -2.12. The molecule has 4 heteroatoms. The van der Waals surface area contributed by atoms with Crippen molar-refractivity contribution in [3.63, 3.8) is 0 Å². The van der Waals surface area contributed by atoms with Gasteiger partial charge in [0.1, 0.15) is 5.82 Å². The van der Waals surface area contributed by atoms with Gasteiger partial charge in [0.15, 0.2) is 5.69 Å². The number of nitrogens with zero attached hydrogens (tertiary/aromatic N) is 2. The van der Waals surface area contributed by atoms with Gasteiger partial charge in [-0.1, -0.05) is 12.5 Å². The van der Waals surface area contributed by atoms with E-state index in [1.165, 1.54) is 6.42 Å². The second kappa shape index (κ2) is 3.33. The van der Waals surface area contributed by atoms with Gasteiger partial charge in [0.05, 0.1) is 5.52 Å². The average molecular weight is 216 g/mol. The zero-order valence-electron chi connectivity index (χ0n) is 8.76. The molecule has 2 aromatic heterocycles. The van der Waals surface area contributed by atoms with Gasteiger partial charge in [-0.05, 0) is 25.0 Å². The minimum atomic E-state index is -0.950. The summed E-state index contributed by atoms with van der Waals surface area (Å²) in [6.07, 6.45) is 5.34. The summed E-state index contributed by atoms with van der Waals surface area (Å²) in [7, 11) is 0. The number of hydrogen-bond acceptors (Lipinski definition) is 2. The number of carbonyl (C=O) groups is 1. The monoisotopic (exact) mass is 216 g/mol. The molecule has 0 aliphatic heterocycles. The van der Waals surface area contributed by atoms with E-state index in [4.69, 9.17) is 5.11 Å². The van der Waals surface area contributed by atoms with Crippen molar-refractivity contribution < 1.29 is 9.90 Å². The fourth-order valence-corrected chi connectivity index (χ4v) is 2.17. The van der Waals surface area contributed by atoms with Gasteiger partial charge in [-0.2, -0.15) is 0 Å². The number of pyridine rings is 1. The maximum Gasteiger partial charge on any atom is 0.356 e. The highest BCUT2D eigenvalue weighted by molar-refractivity contribution is 5.93. The molecule has 1 aliphatic carbocycles. The lowest BCUT2D eigenvalue weighted by atomic mass is 9.85. The van der Waals surface area contributed by atoms with Crippen LogP contribution in [0.4, 0.5) is 0 Å². The fourth-order valence-electron chi connectivity index (χ4n) is 2.17. The Hall–Kier alpha value is -1.84. The van der Waals surface area contributed by atoms with Crippen molar-refractivity contribution in [2.75, 3.05) is 0 Å². The Kier molecular flexibility index (Phi) is 1.96. The Balaban J connectivity index is 2.24. The molecule has 0 aromatic carbocycles. The molecule has 0 atom stereocenters. The van der Waals surface area contributed by atoms with E-state index in [9.17, 15) is 4.79 Å². The first-order chi connectivity index (χ1) is 7.77. The van der Waals surface area contributed by atoms with E-state index in [0.29, 0.717) is 11.4 Å². The average Bonchev–Trinajstić information content (AvgIpc) is 2.56. The van der Waals surface area contributed by atoms with Gasteiger partial charge in [-0.3, -0.25) is 0 Å². The van der Waals surface area contributed by atoms with Gasteiger partial charge in [0, 0.05) is 12.1 Å². The zero-order chi connectivity index (χ0) is 11.1. The van der Waals surface area contributed by atoms with Crippen molar-refractivity contribution in [2.24, 2.45) is 0 Å². The molecule has 0 bridgehead atoms. The van der Waals surface area contributed by atoms with Crippen LogP contribution in [0.2, 0.25) is 0 Å². The lowest BCUT2D eigenvalue weighted by molar-refractivity contribution is 0.0693. The first kappa shape index (κ1) is 9.39. The van der Waals surface area contributed by atoms with Gasteiger partial charge in [0.25, 0.3) is 0 Å². The number of fused-ring (bicyclic) bond motifs is 1. The summed E-state index contributed by atoms with van der Waals surface area (Å²) in [5, 5.41) is 9.09. The van der Waals surface area contributed by atoms with E-state index in [-0.39, 0.29) is 5.69 Å². The van der Waals surface area contributed by atoms with Gasteiger partial charge < -0.3 is 9.51 Å². The van der Waals surface area contributed by atoms with Gasteiger partial charge in [-0.15, -0.1) is 0 Å². The quantitative estimate of drug-likeness (QED) is 0.838. The maximum atomic E-state index is 11.1. The Morgan fingerprint density at radius 1 is 1.44 bits per heavy atom. The highest BCUT2D eigenvalue weighted by atomic mass is 16.4. The number of aromatic nitrogens is 2. The fraction of sp³-hybridized carbons (Fsp3) is 0.333. The third-order valence-electron chi connectivity index (χ3n) is 3.25. The summed E-state index contributed by atoms with van der Waals surface area (Å²) in [6, 6.07) is 5.55. The highest BCUT2D eigenvalue weighted by Crippen LogP contribution is 2.36. The largest absolute Gasteiger partial charge is 0.476 e. The van der Waals surface area contributed by atoms with E-state index < -0.39 is 5.97 Å².